The molecule has 2 nitrogen and oxygen atoms in total. The minimum absolute atomic E-state index is 0.616. The molecular weight excluding hydrogens is 316 g/mol. The van der Waals surface area contributed by atoms with Crippen LogP contribution in [0, 0.1) is 11.6 Å². The number of H-pyrrole nitrogens is 1. The largest absolute Gasteiger partial charge is 0.346 e. The lowest BCUT2D eigenvalue weighted by Crippen LogP contribution is -1.96. The molecule has 0 amide bonds. The minimum atomic E-state index is 0.616. The van der Waals surface area contributed by atoms with Crippen LogP contribution in [0.5, 0.6) is 0 Å². The number of benzene rings is 1. The fourth-order valence-electron chi connectivity index (χ4n) is 1.37. The third kappa shape index (κ3) is 3.40. The number of hydrogen-bond acceptors (Lipinski definition) is 3. The number of halogens is 1. The summed E-state index contributed by atoms with van der Waals surface area (Å²) in [6.07, 6.45) is 0. The summed E-state index contributed by atoms with van der Waals surface area (Å²) in [6, 6.07) is 10.3. The van der Waals surface area contributed by atoms with E-state index < -0.39 is 0 Å². The SMILES string of the molecule is Cc1[nH]c(CSc2ccccc2)nc(=S)c1Br. The Morgan fingerprint density at radius 1 is 1.35 bits per heavy atom. The van der Waals surface area contributed by atoms with Gasteiger partial charge in [-0.15, -0.1) is 11.8 Å². The lowest BCUT2D eigenvalue weighted by molar-refractivity contribution is 0.973. The van der Waals surface area contributed by atoms with Gasteiger partial charge in [-0.05, 0) is 35.0 Å². The maximum absolute atomic E-state index is 5.17. The Bertz CT molecular complexity index is 566. The molecule has 0 saturated heterocycles. The first-order valence-corrected chi connectivity index (χ1v) is 7.28. The molecule has 0 spiro atoms. The predicted octanol–water partition coefficient (Wildman–Crippen LogP) is 4.50. The third-order valence-corrected chi connectivity index (χ3v) is 4.76. The average Bonchev–Trinajstić information content (AvgIpc) is 2.34. The van der Waals surface area contributed by atoms with Crippen LogP contribution >= 0.6 is 39.9 Å². The standard InChI is InChI=1S/C12H11BrN2S2/c1-8-11(13)12(16)15-10(14-8)7-17-9-5-3-2-4-6-9/h2-6H,7H2,1H3,(H,14,15,16). The van der Waals surface area contributed by atoms with Crippen LogP contribution in [0.4, 0.5) is 0 Å². The highest BCUT2D eigenvalue weighted by atomic mass is 79.9. The van der Waals surface area contributed by atoms with Gasteiger partial charge in [0, 0.05) is 10.6 Å². The number of rotatable bonds is 3. The molecule has 0 unspecified atom stereocenters. The maximum Gasteiger partial charge on any atom is 0.144 e. The molecule has 0 fully saturated rings. The van der Waals surface area contributed by atoms with Crippen LogP contribution in [-0.4, -0.2) is 9.97 Å². The average molecular weight is 327 g/mol. The zero-order valence-corrected chi connectivity index (χ0v) is 12.5. The number of aromatic nitrogens is 2. The smallest absolute Gasteiger partial charge is 0.144 e. The molecular formula is C12H11BrN2S2. The lowest BCUT2D eigenvalue weighted by Gasteiger charge is -2.04. The van der Waals surface area contributed by atoms with E-state index in [1.54, 1.807) is 11.8 Å². The Hall–Kier alpha value is -0.650. The molecule has 1 heterocycles. The highest BCUT2D eigenvalue weighted by Crippen LogP contribution is 2.22. The molecule has 0 atom stereocenters. The minimum Gasteiger partial charge on any atom is -0.346 e. The highest BCUT2D eigenvalue weighted by molar-refractivity contribution is 9.10. The molecule has 5 heteroatoms. The molecule has 88 valence electrons. The fraction of sp³-hybridized carbons (Fsp3) is 0.167. The van der Waals surface area contributed by atoms with Crippen LogP contribution < -0.4 is 0 Å². The number of thioether (sulfide) groups is 1. The Morgan fingerprint density at radius 2 is 2.06 bits per heavy atom. The molecule has 1 aromatic heterocycles. The van der Waals surface area contributed by atoms with Crippen molar-refractivity contribution in [3.05, 3.63) is 51.0 Å². The zero-order valence-electron chi connectivity index (χ0n) is 9.24. The van der Waals surface area contributed by atoms with E-state index in [9.17, 15) is 0 Å². The number of aryl methyl sites for hydroxylation is 1. The van der Waals surface area contributed by atoms with Gasteiger partial charge in [-0.25, -0.2) is 4.98 Å². The van der Waals surface area contributed by atoms with Crippen LogP contribution in [0.2, 0.25) is 0 Å². The summed E-state index contributed by atoms with van der Waals surface area (Å²) in [6.45, 7) is 1.98. The molecule has 0 aliphatic carbocycles. The first-order valence-electron chi connectivity index (χ1n) is 5.10. The molecule has 0 saturated carbocycles. The van der Waals surface area contributed by atoms with Gasteiger partial charge in [0.25, 0.3) is 0 Å². The van der Waals surface area contributed by atoms with Gasteiger partial charge in [0.15, 0.2) is 0 Å². The first-order chi connectivity index (χ1) is 8.16. The second-order valence-corrected chi connectivity index (χ2v) is 5.76. The van der Waals surface area contributed by atoms with E-state index in [0.29, 0.717) is 4.64 Å². The van der Waals surface area contributed by atoms with Crippen LogP contribution in [0.15, 0.2) is 39.7 Å². The van der Waals surface area contributed by atoms with Crippen molar-refractivity contribution in [2.24, 2.45) is 0 Å². The monoisotopic (exact) mass is 326 g/mol. The molecule has 0 bridgehead atoms. The number of aromatic amines is 1. The molecule has 0 aliphatic heterocycles. The second kappa shape index (κ2) is 5.80. The quantitative estimate of drug-likeness (QED) is 0.664. The van der Waals surface area contributed by atoms with Gasteiger partial charge < -0.3 is 4.98 Å². The van der Waals surface area contributed by atoms with Gasteiger partial charge in [-0.3, -0.25) is 0 Å². The second-order valence-electron chi connectivity index (χ2n) is 3.53. The van der Waals surface area contributed by atoms with Gasteiger partial charge in [-0.2, -0.15) is 0 Å². The van der Waals surface area contributed by atoms with Crippen molar-refractivity contribution in [2.75, 3.05) is 0 Å². The fourth-order valence-corrected chi connectivity index (χ4v) is 2.61. The summed E-state index contributed by atoms with van der Waals surface area (Å²) in [5.74, 6) is 1.70. The van der Waals surface area contributed by atoms with Crippen molar-refractivity contribution >= 4 is 39.9 Å². The summed E-state index contributed by atoms with van der Waals surface area (Å²) in [5.41, 5.74) is 1.02. The van der Waals surface area contributed by atoms with Gasteiger partial charge in [0.05, 0.1) is 10.2 Å². The third-order valence-electron chi connectivity index (χ3n) is 2.20. The Balaban J connectivity index is 2.13. The van der Waals surface area contributed by atoms with Gasteiger partial charge in [0.2, 0.25) is 0 Å². The van der Waals surface area contributed by atoms with E-state index in [2.05, 4.69) is 38.0 Å². The molecule has 17 heavy (non-hydrogen) atoms. The summed E-state index contributed by atoms with van der Waals surface area (Å²) in [5, 5.41) is 0. The first kappa shape index (κ1) is 12.8. The summed E-state index contributed by atoms with van der Waals surface area (Å²) in [4.78, 5) is 8.81. The van der Waals surface area contributed by atoms with Crippen molar-refractivity contribution in [3.8, 4) is 0 Å². The van der Waals surface area contributed by atoms with Crippen molar-refractivity contribution in [2.45, 2.75) is 17.6 Å². The summed E-state index contributed by atoms with van der Waals surface area (Å²) >= 11 is 10.3. The Labute approximate surface area is 118 Å². The lowest BCUT2D eigenvalue weighted by atomic mass is 10.4. The van der Waals surface area contributed by atoms with E-state index in [1.807, 2.05) is 25.1 Å². The Kier molecular flexibility index (Phi) is 4.36. The molecule has 2 rings (SSSR count). The van der Waals surface area contributed by atoms with Gasteiger partial charge >= 0.3 is 0 Å². The summed E-state index contributed by atoms with van der Waals surface area (Å²) in [7, 11) is 0. The summed E-state index contributed by atoms with van der Waals surface area (Å²) < 4.78 is 1.49. The van der Waals surface area contributed by atoms with E-state index in [0.717, 1.165) is 21.7 Å². The van der Waals surface area contributed by atoms with Gasteiger partial charge in [0.1, 0.15) is 10.5 Å². The predicted molar refractivity (Wildman–Crippen MR) is 77.9 cm³/mol. The molecule has 2 aromatic rings. The Morgan fingerprint density at radius 3 is 2.71 bits per heavy atom. The number of hydrogen-bond donors (Lipinski definition) is 1. The van der Waals surface area contributed by atoms with Crippen molar-refractivity contribution in [1.29, 1.82) is 0 Å². The molecule has 1 aromatic carbocycles. The van der Waals surface area contributed by atoms with E-state index in [4.69, 9.17) is 12.2 Å². The number of nitrogens with zero attached hydrogens (tertiary/aromatic N) is 1. The van der Waals surface area contributed by atoms with E-state index in [1.165, 1.54) is 4.90 Å². The maximum atomic E-state index is 5.17. The zero-order chi connectivity index (χ0) is 12.3. The van der Waals surface area contributed by atoms with E-state index >= 15 is 0 Å². The van der Waals surface area contributed by atoms with Crippen LogP contribution in [0.3, 0.4) is 0 Å². The van der Waals surface area contributed by atoms with Crippen LogP contribution in [-0.2, 0) is 5.75 Å². The van der Waals surface area contributed by atoms with Crippen LogP contribution in [0.25, 0.3) is 0 Å². The van der Waals surface area contributed by atoms with Gasteiger partial charge in [-0.1, -0.05) is 30.4 Å². The number of nitrogens with one attached hydrogen (secondary N) is 1. The molecule has 0 radical (unpaired) electrons. The van der Waals surface area contributed by atoms with E-state index in [-0.39, 0.29) is 0 Å². The van der Waals surface area contributed by atoms with Crippen LogP contribution in [0.1, 0.15) is 11.5 Å². The topological polar surface area (TPSA) is 28.7 Å². The van der Waals surface area contributed by atoms with Crippen molar-refractivity contribution in [1.82, 2.24) is 9.97 Å². The van der Waals surface area contributed by atoms with Crippen molar-refractivity contribution in [3.63, 3.8) is 0 Å². The van der Waals surface area contributed by atoms with Crippen molar-refractivity contribution < 1.29 is 0 Å². The normalized spacial score (nSPS) is 10.5. The molecule has 0 aliphatic rings. The highest BCUT2D eigenvalue weighted by Gasteiger charge is 2.03. The molecule has 1 N–H and O–H groups in total.